The van der Waals surface area contributed by atoms with E-state index in [1.165, 1.54) is 0 Å². The maximum atomic E-state index is 11.1. The number of carbonyl (C=O) groups excluding carboxylic acids is 1. The van der Waals surface area contributed by atoms with Gasteiger partial charge in [-0.05, 0) is 30.7 Å². The second kappa shape index (κ2) is 3.35. The van der Waals surface area contributed by atoms with Crippen molar-refractivity contribution in [2.45, 2.75) is 13.0 Å². The molecule has 1 aliphatic heterocycles. The number of dihydropyridines is 1. The third kappa shape index (κ3) is 1.46. The number of aliphatic imine (C=N–C) groups is 1. The lowest BCUT2D eigenvalue weighted by Crippen LogP contribution is -2.18. The normalized spacial score (nSPS) is 25.1. The number of hydrogen-bond donors (Lipinski definition) is 0. The van der Waals surface area contributed by atoms with E-state index in [1.54, 1.807) is 13.2 Å². The van der Waals surface area contributed by atoms with Gasteiger partial charge in [-0.25, -0.2) is 4.99 Å². The fourth-order valence-corrected chi connectivity index (χ4v) is 1.57. The van der Waals surface area contributed by atoms with E-state index < -0.39 is 0 Å². The summed E-state index contributed by atoms with van der Waals surface area (Å²) in [5.41, 5.74) is 2.69. The minimum atomic E-state index is -0.185. The van der Waals surface area contributed by atoms with Crippen molar-refractivity contribution in [2.75, 3.05) is 7.11 Å². The quantitative estimate of drug-likeness (QED) is 0.625. The Morgan fingerprint density at radius 3 is 3.00 bits per heavy atom. The summed E-state index contributed by atoms with van der Waals surface area (Å²) in [4.78, 5) is 15.0. The Kier molecular flexibility index (Phi) is 2.17. The molecule has 1 heterocycles. The molecule has 0 aromatic heterocycles. The molecule has 72 valence electrons. The minimum Gasteiger partial charge on any atom is -0.373 e. The number of hydrogen-bond acceptors (Lipinski definition) is 2. The summed E-state index contributed by atoms with van der Waals surface area (Å²) >= 11 is 0. The largest absolute Gasteiger partial charge is 0.373 e. The fraction of sp³-hybridized carbons (Fsp3) is 0.273. The van der Waals surface area contributed by atoms with Crippen molar-refractivity contribution < 1.29 is 9.53 Å². The van der Waals surface area contributed by atoms with Gasteiger partial charge in [-0.2, -0.15) is 0 Å². The standard InChI is InChI=1S/C11H11NO2/c1-7-5-11(13)12-10-4-3-8(14-2)6-9(7)10/h3-6,8H,1-2H3. The molecule has 0 saturated carbocycles. The van der Waals surface area contributed by atoms with Gasteiger partial charge in [0.1, 0.15) is 0 Å². The molecule has 0 fully saturated rings. The van der Waals surface area contributed by atoms with Crippen LogP contribution in [0.5, 0.6) is 0 Å². The van der Waals surface area contributed by atoms with Gasteiger partial charge in [0.25, 0.3) is 5.91 Å². The van der Waals surface area contributed by atoms with E-state index in [0.717, 1.165) is 16.9 Å². The number of rotatable bonds is 1. The summed E-state index contributed by atoms with van der Waals surface area (Å²) in [6.07, 6.45) is 7.21. The first-order valence-electron chi connectivity index (χ1n) is 4.45. The summed E-state index contributed by atoms with van der Waals surface area (Å²) in [6.45, 7) is 1.91. The second-order valence-electron chi connectivity index (χ2n) is 3.30. The van der Waals surface area contributed by atoms with E-state index in [4.69, 9.17) is 4.74 Å². The molecule has 0 aromatic rings. The highest BCUT2D eigenvalue weighted by molar-refractivity contribution is 6.20. The van der Waals surface area contributed by atoms with Crippen molar-refractivity contribution in [2.24, 2.45) is 4.99 Å². The molecule has 0 N–H and O–H groups in total. The number of allylic oxidation sites excluding steroid dienone is 3. The number of ether oxygens (including phenoxy) is 1. The lowest BCUT2D eigenvalue weighted by molar-refractivity contribution is -0.113. The van der Waals surface area contributed by atoms with Crippen molar-refractivity contribution >= 4 is 11.6 Å². The molecule has 1 aliphatic carbocycles. The molecular formula is C11H11NO2. The molecule has 0 spiro atoms. The maximum Gasteiger partial charge on any atom is 0.270 e. The lowest BCUT2D eigenvalue weighted by Gasteiger charge is -2.19. The van der Waals surface area contributed by atoms with Crippen molar-refractivity contribution in [1.29, 1.82) is 0 Å². The Balaban J connectivity index is 2.40. The van der Waals surface area contributed by atoms with Crippen molar-refractivity contribution in [3.8, 4) is 0 Å². The van der Waals surface area contributed by atoms with Gasteiger partial charge >= 0.3 is 0 Å². The molecule has 2 rings (SSSR count). The van der Waals surface area contributed by atoms with Crippen LogP contribution in [-0.2, 0) is 9.53 Å². The topological polar surface area (TPSA) is 38.7 Å². The van der Waals surface area contributed by atoms with Crippen LogP contribution in [0.4, 0.5) is 0 Å². The van der Waals surface area contributed by atoms with Crippen molar-refractivity contribution in [3.63, 3.8) is 0 Å². The Morgan fingerprint density at radius 2 is 2.29 bits per heavy atom. The van der Waals surface area contributed by atoms with Crippen LogP contribution in [-0.4, -0.2) is 24.8 Å². The zero-order chi connectivity index (χ0) is 10.1. The SMILES string of the molecule is COC1C=CC2=NC(=O)C=C(C)C2=C1. The zero-order valence-corrected chi connectivity index (χ0v) is 8.15. The number of nitrogens with zero attached hydrogens (tertiary/aromatic N) is 1. The highest BCUT2D eigenvalue weighted by Gasteiger charge is 2.19. The van der Waals surface area contributed by atoms with Crippen LogP contribution in [0.15, 0.2) is 40.4 Å². The molecule has 3 nitrogen and oxygen atoms in total. The van der Waals surface area contributed by atoms with Crippen LogP contribution in [0.25, 0.3) is 0 Å². The monoisotopic (exact) mass is 189 g/mol. The van der Waals surface area contributed by atoms with Crippen molar-refractivity contribution in [3.05, 3.63) is 35.5 Å². The summed E-state index contributed by atoms with van der Waals surface area (Å²) in [6, 6.07) is 0. The Hall–Kier alpha value is -1.48. The van der Waals surface area contributed by atoms with Crippen LogP contribution < -0.4 is 0 Å². The zero-order valence-electron chi connectivity index (χ0n) is 8.15. The summed E-state index contributed by atoms with van der Waals surface area (Å²) < 4.78 is 5.18. The predicted molar refractivity (Wildman–Crippen MR) is 54.2 cm³/mol. The van der Waals surface area contributed by atoms with Gasteiger partial charge in [0.15, 0.2) is 0 Å². The number of fused-ring (bicyclic) bond motifs is 1. The van der Waals surface area contributed by atoms with Crippen LogP contribution in [0, 0.1) is 0 Å². The first-order chi connectivity index (χ1) is 6.70. The van der Waals surface area contributed by atoms with Crippen LogP contribution in [0.3, 0.4) is 0 Å². The smallest absolute Gasteiger partial charge is 0.270 e. The van der Waals surface area contributed by atoms with E-state index in [-0.39, 0.29) is 12.0 Å². The lowest BCUT2D eigenvalue weighted by atomic mass is 9.93. The molecule has 1 amide bonds. The second-order valence-corrected chi connectivity index (χ2v) is 3.30. The van der Waals surface area contributed by atoms with Gasteiger partial charge < -0.3 is 4.74 Å². The molecule has 0 radical (unpaired) electrons. The third-order valence-electron chi connectivity index (χ3n) is 2.32. The molecule has 2 aliphatic rings. The Labute approximate surface area is 82.5 Å². The molecule has 1 unspecified atom stereocenters. The highest BCUT2D eigenvalue weighted by Crippen LogP contribution is 2.22. The first kappa shape index (κ1) is 9.09. The summed E-state index contributed by atoms with van der Waals surface area (Å²) in [5, 5.41) is 0. The number of amides is 1. The van der Waals surface area contributed by atoms with Crippen LogP contribution in [0.1, 0.15) is 6.92 Å². The number of carbonyl (C=O) groups is 1. The van der Waals surface area contributed by atoms with Crippen LogP contribution >= 0.6 is 0 Å². The van der Waals surface area contributed by atoms with Crippen molar-refractivity contribution in [1.82, 2.24) is 0 Å². The Morgan fingerprint density at radius 1 is 1.50 bits per heavy atom. The molecule has 0 saturated heterocycles. The minimum absolute atomic E-state index is 0.0134. The summed E-state index contributed by atoms with van der Waals surface area (Å²) in [5.74, 6) is -0.185. The highest BCUT2D eigenvalue weighted by atomic mass is 16.5. The molecule has 0 bridgehead atoms. The van der Waals surface area contributed by atoms with Gasteiger partial charge in [-0.1, -0.05) is 0 Å². The van der Waals surface area contributed by atoms with Crippen LogP contribution in [0.2, 0.25) is 0 Å². The number of methoxy groups -OCH3 is 1. The molecule has 14 heavy (non-hydrogen) atoms. The van der Waals surface area contributed by atoms with E-state index in [1.807, 2.05) is 25.2 Å². The fourth-order valence-electron chi connectivity index (χ4n) is 1.57. The predicted octanol–water partition coefficient (Wildman–Crippen LogP) is 1.43. The molecule has 1 atom stereocenters. The molecular weight excluding hydrogens is 178 g/mol. The summed E-state index contributed by atoms with van der Waals surface area (Å²) in [7, 11) is 1.65. The molecule has 3 heteroatoms. The van der Waals surface area contributed by atoms with E-state index in [9.17, 15) is 4.79 Å². The average Bonchev–Trinajstić information content (AvgIpc) is 2.17. The third-order valence-corrected chi connectivity index (χ3v) is 2.32. The molecule has 0 aromatic carbocycles. The van der Waals surface area contributed by atoms with Gasteiger partial charge in [0, 0.05) is 18.8 Å². The first-order valence-corrected chi connectivity index (χ1v) is 4.45. The average molecular weight is 189 g/mol. The van der Waals surface area contributed by atoms with E-state index in [2.05, 4.69) is 4.99 Å². The van der Waals surface area contributed by atoms with Gasteiger partial charge in [-0.3, -0.25) is 4.79 Å². The maximum absolute atomic E-state index is 11.1. The van der Waals surface area contributed by atoms with Gasteiger partial charge in [-0.15, -0.1) is 0 Å². The van der Waals surface area contributed by atoms with Gasteiger partial charge in [0.2, 0.25) is 0 Å². The van der Waals surface area contributed by atoms with E-state index >= 15 is 0 Å². The Bertz CT molecular complexity index is 400. The van der Waals surface area contributed by atoms with Gasteiger partial charge in [0.05, 0.1) is 11.8 Å². The van der Waals surface area contributed by atoms with E-state index in [0.29, 0.717) is 0 Å².